The summed E-state index contributed by atoms with van der Waals surface area (Å²) in [4.78, 5) is 16.0. The highest BCUT2D eigenvalue weighted by atomic mass is 32.1. The van der Waals surface area contributed by atoms with Crippen molar-refractivity contribution in [2.75, 3.05) is 25.0 Å². The highest BCUT2D eigenvalue weighted by Gasteiger charge is 2.24. The van der Waals surface area contributed by atoms with E-state index in [1.807, 2.05) is 31.2 Å². The van der Waals surface area contributed by atoms with Gasteiger partial charge >= 0.3 is 6.03 Å². The second-order valence-electron chi connectivity index (χ2n) is 5.98. The minimum absolute atomic E-state index is 0.142. The van der Waals surface area contributed by atoms with Gasteiger partial charge in [0, 0.05) is 17.1 Å². The van der Waals surface area contributed by atoms with Crippen LogP contribution in [0.2, 0.25) is 0 Å². The number of thiophene rings is 1. The van der Waals surface area contributed by atoms with E-state index in [0.717, 1.165) is 24.3 Å². The largest absolute Gasteiger partial charge is 0.336 e. The molecule has 0 spiro atoms. The molecule has 2 amide bonds. The lowest BCUT2D eigenvalue weighted by Crippen LogP contribution is -2.38. The fraction of sp³-hybridized carbons (Fsp3) is 0.389. The molecule has 2 N–H and O–H groups in total. The van der Waals surface area contributed by atoms with Gasteiger partial charge in [0.1, 0.15) is 0 Å². The first-order valence-corrected chi connectivity index (χ1v) is 8.99. The second kappa shape index (κ2) is 7.62. The number of carbonyl (C=O) groups excluding carboxylic acids is 1. The number of amides is 2. The number of carbonyl (C=O) groups is 1. The summed E-state index contributed by atoms with van der Waals surface area (Å²) in [7, 11) is 0. The Morgan fingerprint density at radius 1 is 1.26 bits per heavy atom. The van der Waals surface area contributed by atoms with Crippen LogP contribution >= 0.6 is 11.3 Å². The number of hydrogen-bond acceptors (Lipinski definition) is 3. The Morgan fingerprint density at radius 2 is 2.09 bits per heavy atom. The van der Waals surface area contributed by atoms with Crippen LogP contribution in [0.3, 0.4) is 0 Å². The van der Waals surface area contributed by atoms with Crippen LogP contribution in [0.5, 0.6) is 0 Å². The van der Waals surface area contributed by atoms with Gasteiger partial charge in [-0.3, -0.25) is 4.90 Å². The Morgan fingerprint density at radius 3 is 2.78 bits per heavy atom. The molecule has 122 valence electrons. The standard InChI is InChI=1S/C18H23N3OS/c1-14-6-4-7-15(12-14)20-18(22)19-13-16(17-8-5-11-23-17)21-9-2-3-10-21/h4-8,11-12,16H,2-3,9-10,13H2,1H3,(H2,19,20,22). The number of nitrogens with zero attached hydrogens (tertiary/aromatic N) is 1. The van der Waals surface area contributed by atoms with Crippen LogP contribution in [-0.4, -0.2) is 30.6 Å². The summed E-state index contributed by atoms with van der Waals surface area (Å²) >= 11 is 1.76. The Hall–Kier alpha value is -1.85. The number of rotatable bonds is 5. The van der Waals surface area contributed by atoms with Gasteiger partial charge in [-0.2, -0.15) is 0 Å². The average molecular weight is 329 g/mol. The molecule has 23 heavy (non-hydrogen) atoms. The second-order valence-corrected chi connectivity index (χ2v) is 6.96. The van der Waals surface area contributed by atoms with Gasteiger partial charge < -0.3 is 10.6 Å². The molecule has 4 nitrogen and oxygen atoms in total. The van der Waals surface area contributed by atoms with Crippen molar-refractivity contribution in [1.29, 1.82) is 0 Å². The first-order valence-electron chi connectivity index (χ1n) is 8.11. The molecule has 0 bridgehead atoms. The minimum Gasteiger partial charge on any atom is -0.336 e. The van der Waals surface area contributed by atoms with E-state index in [-0.39, 0.29) is 12.1 Å². The molecule has 1 fully saturated rings. The Balaban J connectivity index is 1.59. The molecule has 2 aromatic rings. The predicted octanol–water partition coefficient (Wildman–Crippen LogP) is 4.02. The molecule has 2 heterocycles. The molecule has 3 rings (SSSR count). The molecule has 0 aliphatic carbocycles. The molecule has 1 aromatic heterocycles. The van der Waals surface area contributed by atoms with Gasteiger partial charge in [0.2, 0.25) is 0 Å². The zero-order valence-corrected chi connectivity index (χ0v) is 14.2. The summed E-state index contributed by atoms with van der Waals surface area (Å²) in [5.74, 6) is 0. The summed E-state index contributed by atoms with van der Waals surface area (Å²) in [5.41, 5.74) is 1.97. The molecule has 1 aliphatic heterocycles. The van der Waals surface area contributed by atoms with Gasteiger partial charge in [-0.15, -0.1) is 11.3 Å². The minimum atomic E-state index is -0.142. The normalized spacial score (nSPS) is 16.2. The summed E-state index contributed by atoms with van der Waals surface area (Å²) in [6.45, 7) is 4.88. The smallest absolute Gasteiger partial charge is 0.319 e. The monoisotopic (exact) mass is 329 g/mol. The van der Waals surface area contributed by atoms with Crippen molar-refractivity contribution in [3.8, 4) is 0 Å². The first kappa shape index (κ1) is 16.0. The van der Waals surface area contributed by atoms with E-state index in [0.29, 0.717) is 6.54 Å². The van der Waals surface area contributed by atoms with E-state index in [9.17, 15) is 4.79 Å². The Bertz CT molecular complexity index is 635. The van der Waals surface area contributed by atoms with Crippen molar-refractivity contribution in [2.45, 2.75) is 25.8 Å². The lowest BCUT2D eigenvalue weighted by Gasteiger charge is -2.27. The van der Waals surface area contributed by atoms with Crippen LogP contribution in [0.15, 0.2) is 41.8 Å². The molecular formula is C18H23N3OS. The van der Waals surface area contributed by atoms with Crippen molar-refractivity contribution in [1.82, 2.24) is 10.2 Å². The number of benzene rings is 1. The third kappa shape index (κ3) is 4.33. The fourth-order valence-electron chi connectivity index (χ4n) is 3.03. The molecule has 0 saturated carbocycles. The van der Waals surface area contributed by atoms with Gasteiger partial charge in [-0.05, 0) is 62.0 Å². The molecule has 1 saturated heterocycles. The molecular weight excluding hydrogens is 306 g/mol. The van der Waals surface area contributed by atoms with Crippen molar-refractivity contribution >= 4 is 23.1 Å². The summed E-state index contributed by atoms with van der Waals surface area (Å²) in [6.07, 6.45) is 2.49. The number of hydrogen-bond donors (Lipinski definition) is 2. The zero-order valence-electron chi connectivity index (χ0n) is 13.4. The molecule has 1 aromatic carbocycles. The molecule has 1 aliphatic rings. The van der Waals surface area contributed by atoms with E-state index in [1.54, 1.807) is 11.3 Å². The quantitative estimate of drug-likeness (QED) is 0.870. The van der Waals surface area contributed by atoms with E-state index in [4.69, 9.17) is 0 Å². The van der Waals surface area contributed by atoms with E-state index in [1.165, 1.54) is 17.7 Å². The van der Waals surface area contributed by atoms with Crippen LogP contribution in [0, 0.1) is 6.92 Å². The van der Waals surface area contributed by atoms with Gasteiger partial charge in [0.15, 0.2) is 0 Å². The van der Waals surface area contributed by atoms with Crippen molar-refractivity contribution < 1.29 is 4.79 Å². The number of anilines is 1. The fourth-order valence-corrected chi connectivity index (χ4v) is 3.89. The van der Waals surface area contributed by atoms with Crippen LogP contribution in [0.25, 0.3) is 0 Å². The molecule has 5 heteroatoms. The maximum atomic E-state index is 12.2. The van der Waals surface area contributed by atoms with Gasteiger partial charge in [0.05, 0.1) is 6.04 Å². The maximum Gasteiger partial charge on any atom is 0.319 e. The molecule has 0 radical (unpaired) electrons. The summed E-state index contributed by atoms with van der Waals surface area (Å²) < 4.78 is 0. The summed E-state index contributed by atoms with van der Waals surface area (Å²) in [6, 6.07) is 12.2. The number of urea groups is 1. The van der Waals surface area contributed by atoms with Crippen LogP contribution in [0.4, 0.5) is 10.5 Å². The third-order valence-electron chi connectivity index (χ3n) is 4.18. The lowest BCUT2D eigenvalue weighted by atomic mass is 10.2. The number of likely N-dealkylation sites (tertiary alicyclic amines) is 1. The van der Waals surface area contributed by atoms with E-state index >= 15 is 0 Å². The predicted molar refractivity (Wildman–Crippen MR) is 96.1 cm³/mol. The Labute approximate surface area is 141 Å². The third-order valence-corrected chi connectivity index (χ3v) is 5.16. The van der Waals surface area contributed by atoms with Gasteiger partial charge in [-0.25, -0.2) is 4.79 Å². The van der Waals surface area contributed by atoms with E-state index < -0.39 is 0 Å². The van der Waals surface area contributed by atoms with Crippen molar-refractivity contribution in [3.05, 3.63) is 52.2 Å². The van der Waals surface area contributed by atoms with Gasteiger partial charge in [0.25, 0.3) is 0 Å². The number of nitrogens with one attached hydrogen (secondary N) is 2. The molecule has 1 unspecified atom stereocenters. The van der Waals surface area contributed by atoms with E-state index in [2.05, 4.69) is 33.0 Å². The van der Waals surface area contributed by atoms with Crippen molar-refractivity contribution in [3.63, 3.8) is 0 Å². The van der Waals surface area contributed by atoms with Crippen LogP contribution in [0.1, 0.15) is 29.3 Å². The highest BCUT2D eigenvalue weighted by molar-refractivity contribution is 7.10. The first-order chi connectivity index (χ1) is 11.2. The maximum absolute atomic E-state index is 12.2. The zero-order chi connectivity index (χ0) is 16.1. The van der Waals surface area contributed by atoms with Gasteiger partial charge in [-0.1, -0.05) is 18.2 Å². The molecule has 1 atom stereocenters. The SMILES string of the molecule is Cc1cccc(NC(=O)NCC(c2cccs2)N2CCCC2)c1. The van der Waals surface area contributed by atoms with Crippen LogP contribution in [-0.2, 0) is 0 Å². The topological polar surface area (TPSA) is 44.4 Å². The Kier molecular flexibility index (Phi) is 5.31. The summed E-state index contributed by atoms with van der Waals surface area (Å²) in [5, 5.41) is 8.04. The average Bonchev–Trinajstić information content (AvgIpc) is 3.21. The number of aryl methyl sites for hydroxylation is 1. The van der Waals surface area contributed by atoms with Crippen LogP contribution < -0.4 is 10.6 Å². The van der Waals surface area contributed by atoms with Crippen molar-refractivity contribution in [2.24, 2.45) is 0 Å². The lowest BCUT2D eigenvalue weighted by molar-refractivity contribution is 0.229. The highest BCUT2D eigenvalue weighted by Crippen LogP contribution is 2.27.